The summed E-state index contributed by atoms with van der Waals surface area (Å²) in [5, 5.41) is 0. The van der Waals surface area contributed by atoms with Crippen molar-refractivity contribution in [3.8, 4) is 0 Å². The Morgan fingerprint density at radius 2 is 2.31 bits per heavy atom. The molecule has 2 rings (SSSR count). The SMILES string of the molecule is NNC(c1ccc(F)cn1)C1CC1. The molecule has 0 aromatic carbocycles. The fraction of sp³-hybridized carbons (Fsp3) is 0.444. The van der Waals surface area contributed by atoms with Crippen LogP contribution in [0.2, 0.25) is 0 Å². The molecule has 1 atom stereocenters. The van der Waals surface area contributed by atoms with Crippen LogP contribution in [0, 0.1) is 11.7 Å². The Hall–Kier alpha value is -1.00. The summed E-state index contributed by atoms with van der Waals surface area (Å²) in [4.78, 5) is 3.99. The predicted octanol–water partition coefficient (Wildman–Crippen LogP) is 1.14. The van der Waals surface area contributed by atoms with E-state index in [-0.39, 0.29) is 11.9 Å². The second-order valence-corrected chi connectivity index (χ2v) is 3.38. The van der Waals surface area contributed by atoms with Gasteiger partial charge >= 0.3 is 0 Å². The van der Waals surface area contributed by atoms with E-state index in [9.17, 15) is 4.39 Å². The third-order valence-electron chi connectivity index (χ3n) is 2.34. The molecule has 0 spiro atoms. The zero-order valence-electron chi connectivity index (χ0n) is 7.20. The third kappa shape index (κ3) is 1.84. The van der Waals surface area contributed by atoms with E-state index < -0.39 is 0 Å². The molecule has 0 bridgehead atoms. The smallest absolute Gasteiger partial charge is 0.141 e. The van der Waals surface area contributed by atoms with Crippen molar-refractivity contribution < 1.29 is 4.39 Å². The van der Waals surface area contributed by atoms with Crippen molar-refractivity contribution in [1.29, 1.82) is 0 Å². The van der Waals surface area contributed by atoms with Gasteiger partial charge < -0.3 is 0 Å². The molecule has 1 heterocycles. The average Bonchev–Trinajstić information content (AvgIpc) is 2.93. The highest BCUT2D eigenvalue weighted by Gasteiger charge is 2.32. The number of halogens is 1. The van der Waals surface area contributed by atoms with Gasteiger partial charge in [0.2, 0.25) is 0 Å². The van der Waals surface area contributed by atoms with Gasteiger partial charge in [-0.25, -0.2) is 4.39 Å². The maximum atomic E-state index is 12.6. The lowest BCUT2D eigenvalue weighted by molar-refractivity contribution is 0.482. The monoisotopic (exact) mass is 181 g/mol. The zero-order chi connectivity index (χ0) is 9.26. The molecule has 70 valence electrons. The molecule has 1 aliphatic carbocycles. The first kappa shape index (κ1) is 8.59. The minimum atomic E-state index is -0.310. The van der Waals surface area contributed by atoms with Gasteiger partial charge in [-0.1, -0.05) is 0 Å². The van der Waals surface area contributed by atoms with E-state index in [4.69, 9.17) is 5.84 Å². The molecule has 3 N–H and O–H groups in total. The van der Waals surface area contributed by atoms with Gasteiger partial charge in [0.05, 0.1) is 17.9 Å². The molecule has 1 aliphatic rings. The second-order valence-electron chi connectivity index (χ2n) is 3.38. The van der Waals surface area contributed by atoms with Gasteiger partial charge in [0.15, 0.2) is 0 Å². The molecule has 1 aromatic heterocycles. The lowest BCUT2D eigenvalue weighted by Gasteiger charge is -2.13. The van der Waals surface area contributed by atoms with Gasteiger partial charge in [-0.05, 0) is 30.9 Å². The van der Waals surface area contributed by atoms with Crippen LogP contribution >= 0.6 is 0 Å². The largest absolute Gasteiger partial charge is 0.271 e. The molecule has 4 heteroatoms. The van der Waals surface area contributed by atoms with Crippen molar-refractivity contribution in [3.63, 3.8) is 0 Å². The van der Waals surface area contributed by atoms with Crippen LogP contribution in [0.25, 0.3) is 0 Å². The number of rotatable bonds is 3. The van der Waals surface area contributed by atoms with E-state index in [2.05, 4.69) is 10.4 Å². The van der Waals surface area contributed by atoms with Gasteiger partial charge in [-0.15, -0.1) is 0 Å². The topological polar surface area (TPSA) is 50.9 Å². The molecule has 3 nitrogen and oxygen atoms in total. The van der Waals surface area contributed by atoms with Crippen LogP contribution in [0.1, 0.15) is 24.6 Å². The van der Waals surface area contributed by atoms with E-state index in [1.807, 2.05) is 0 Å². The highest BCUT2D eigenvalue weighted by Crippen LogP contribution is 2.39. The Bertz CT molecular complexity index is 281. The molecule has 0 aliphatic heterocycles. The van der Waals surface area contributed by atoms with E-state index in [0.717, 1.165) is 5.69 Å². The normalized spacial score (nSPS) is 18.6. The molecule has 0 amide bonds. The Morgan fingerprint density at radius 3 is 2.77 bits per heavy atom. The minimum absolute atomic E-state index is 0.0839. The van der Waals surface area contributed by atoms with Crippen LogP contribution in [0.4, 0.5) is 4.39 Å². The maximum Gasteiger partial charge on any atom is 0.141 e. The summed E-state index contributed by atoms with van der Waals surface area (Å²) < 4.78 is 12.6. The van der Waals surface area contributed by atoms with Crippen molar-refractivity contribution >= 4 is 0 Å². The van der Waals surface area contributed by atoms with Crippen LogP contribution in [0.3, 0.4) is 0 Å². The number of nitrogens with one attached hydrogen (secondary N) is 1. The lowest BCUT2D eigenvalue weighted by Crippen LogP contribution is -2.30. The van der Waals surface area contributed by atoms with Gasteiger partial charge in [0, 0.05) is 0 Å². The highest BCUT2D eigenvalue weighted by molar-refractivity contribution is 5.12. The van der Waals surface area contributed by atoms with Crippen LogP contribution in [0.5, 0.6) is 0 Å². The maximum absolute atomic E-state index is 12.6. The summed E-state index contributed by atoms with van der Waals surface area (Å²) in [5.41, 5.74) is 3.54. The van der Waals surface area contributed by atoms with Crippen LogP contribution in [-0.2, 0) is 0 Å². The molecule has 0 saturated heterocycles. The zero-order valence-corrected chi connectivity index (χ0v) is 7.20. The second kappa shape index (κ2) is 3.40. The molecule has 1 saturated carbocycles. The number of hydrazine groups is 1. The van der Waals surface area contributed by atoms with Crippen molar-refractivity contribution in [3.05, 3.63) is 29.8 Å². The average molecular weight is 181 g/mol. The first-order chi connectivity index (χ1) is 6.31. The summed E-state index contributed by atoms with van der Waals surface area (Å²) in [6.07, 6.45) is 3.57. The van der Waals surface area contributed by atoms with Crippen molar-refractivity contribution in [2.24, 2.45) is 11.8 Å². The van der Waals surface area contributed by atoms with Crippen LogP contribution < -0.4 is 11.3 Å². The highest BCUT2D eigenvalue weighted by atomic mass is 19.1. The van der Waals surface area contributed by atoms with E-state index >= 15 is 0 Å². The molecule has 1 unspecified atom stereocenters. The fourth-order valence-electron chi connectivity index (χ4n) is 1.46. The summed E-state index contributed by atoms with van der Waals surface area (Å²) in [6.45, 7) is 0. The number of hydrogen-bond acceptors (Lipinski definition) is 3. The van der Waals surface area contributed by atoms with Gasteiger partial charge in [-0.3, -0.25) is 16.3 Å². The Labute approximate surface area is 76.1 Å². The molecule has 1 fully saturated rings. The van der Waals surface area contributed by atoms with E-state index in [0.29, 0.717) is 5.92 Å². The minimum Gasteiger partial charge on any atom is -0.271 e. The summed E-state index contributed by atoms with van der Waals surface area (Å²) in [7, 11) is 0. The molecule has 1 aromatic rings. The molecular formula is C9H12FN3. The van der Waals surface area contributed by atoms with Crippen molar-refractivity contribution in [2.75, 3.05) is 0 Å². The standard InChI is InChI=1S/C9H12FN3/c10-7-3-4-8(12-5-7)9(13-11)6-1-2-6/h3-6,9,13H,1-2,11H2. The quantitative estimate of drug-likeness (QED) is 0.543. The number of nitrogens with two attached hydrogens (primary N) is 1. The summed E-state index contributed by atoms with van der Waals surface area (Å²) in [5.74, 6) is 5.66. The number of aromatic nitrogens is 1. The summed E-state index contributed by atoms with van der Waals surface area (Å²) >= 11 is 0. The van der Waals surface area contributed by atoms with Crippen molar-refractivity contribution in [2.45, 2.75) is 18.9 Å². The van der Waals surface area contributed by atoms with Gasteiger partial charge in [0.1, 0.15) is 5.82 Å². The first-order valence-corrected chi connectivity index (χ1v) is 4.39. The predicted molar refractivity (Wildman–Crippen MR) is 47.0 cm³/mol. The van der Waals surface area contributed by atoms with Gasteiger partial charge in [0.25, 0.3) is 0 Å². The van der Waals surface area contributed by atoms with Crippen molar-refractivity contribution in [1.82, 2.24) is 10.4 Å². The Balaban J connectivity index is 2.17. The number of hydrogen-bond donors (Lipinski definition) is 2. The summed E-state index contributed by atoms with van der Waals surface area (Å²) in [6, 6.07) is 3.17. The lowest BCUT2D eigenvalue weighted by atomic mass is 10.1. The van der Waals surface area contributed by atoms with E-state index in [1.165, 1.54) is 25.1 Å². The number of pyridine rings is 1. The van der Waals surface area contributed by atoms with E-state index in [1.54, 1.807) is 6.07 Å². The third-order valence-corrected chi connectivity index (χ3v) is 2.34. The Morgan fingerprint density at radius 1 is 1.54 bits per heavy atom. The first-order valence-electron chi connectivity index (χ1n) is 4.39. The molecule has 13 heavy (non-hydrogen) atoms. The van der Waals surface area contributed by atoms with Crippen LogP contribution in [0.15, 0.2) is 18.3 Å². The van der Waals surface area contributed by atoms with Crippen LogP contribution in [-0.4, -0.2) is 4.98 Å². The molecule has 0 radical (unpaired) electrons. The Kier molecular flexibility index (Phi) is 2.24. The van der Waals surface area contributed by atoms with Gasteiger partial charge in [-0.2, -0.15) is 0 Å². The number of nitrogens with zero attached hydrogens (tertiary/aromatic N) is 1. The fourth-order valence-corrected chi connectivity index (χ4v) is 1.46. The molecular weight excluding hydrogens is 169 g/mol.